The van der Waals surface area contributed by atoms with Gasteiger partial charge in [-0.15, -0.1) is 0 Å². The largest absolute Gasteiger partial charge is 0.494 e. The molecular weight excluding hydrogens is 201 g/mol. The van der Waals surface area contributed by atoms with E-state index in [0.717, 1.165) is 6.07 Å². The van der Waals surface area contributed by atoms with Crippen molar-refractivity contribution in [3.05, 3.63) is 23.5 Å². The minimum atomic E-state index is -0.702. The van der Waals surface area contributed by atoms with Crippen LogP contribution in [0.3, 0.4) is 0 Å². The molecule has 15 heavy (non-hydrogen) atoms. The van der Waals surface area contributed by atoms with Crippen LogP contribution >= 0.6 is 0 Å². The van der Waals surface area contributed by atoms with E-state index in [1.54, 1.807) is 0 Å². The third-order valence-electron chi connectivity index (χ3n) is 1.73. The summed E-state index contributed by atoms with van der Waals surface area (Å²) in [5.41, 5.74) is 0.0917. The SMILES string of the molecule is COc1cc(C=O)cc(F)c1NC(C)=O. The van der Waals surface area contributed by atoms with Gasteiger partial charge < -0.3 is 10.1 Å². The van der Waals surface area contributed by atoms with Crippen molar-refractivity contribution in [3.63, 3.8) is 0 Å². The zero-order valence-corrected chi connectivity index (χ0v) is 8.33. The van der Waals surface area contributed by atoms with Crippen LogP contribution in [-0.4, -0.2) is 19.3 Å². The van der Waals surface area contributed by atoms with Gasteiger partial charge in [0.2, 0.25) is 5.91 Å². The predicted octanol–water partition coefficient (Wildman–Crippen LogP) is 1.61. The lowest BCUT2D eigenvalue weighted by Gasteiger charge is -2.10. The van der Waals surface area contributed by atoms with Crippen molar-refractivity contribution in [2.24, 2.45) is 0 Å². The smallest absolute Gasteiger partial charge is 0.221 e. The molecule has 1 aromatic rings. The van der Waals surface area contributed by atoms with Gasteiger partial charge in [0.05, 0.1) is 7.11 Å². The number of amides is 1. The summed E-state index contributed by atoms with van der Waals surface area (Å²) < 4.78 is 18.2. The molecule has 0 saturated heterocycles. The molecule has 0 spiro atoms. The summed E-state index contributed by atoms with van der Waals surface area (Å²) in [5.74, 6) is -0.995. The van der Waals surface area contributed by atoms with E-state index in [9.17, 15) is 14.0 Å². The minimum Gasteiger partial charge on any atom is -0.494 e. The van der Waals surface area contributed by atoms with Crippen LogP contribution < -0.4 is 10.1 Å². The van der Waals surface area contributed by atoms with Crippen molar-refractivity contribution in [1.29, 1.82) is 0 Å². The predicted molar refractivity (Wildman–Crippen MR) is 52.6 cm³/mol. The minimum absolute atomic E-state index is 0.0596. The van der Waals surface area contributed by atoms with Crippen LogP contribution in [-0.2, 0) is 4.79 Å². The fourth-order valence-electron chi connectivity index (χ4n) is 1.13. The van der Waals surface area contributed by atoms with E-state index in [0.29, 0.717) is 6.29 Å². The van der Waals surface area contributed by atoms with Gasteiger partial charge in [-0.25, -0.2) is 4.39 Å². The molecule has 0 fully saturated rings. The summed E-state index contributed by atoms with van der Waals surface area (Å²) in [5, 5.41) is 2.29. The number of methoxy groups -OCH3 is 1. The van der Waals surface area contributed by atoms with Crippen LogP contribution in [0.2, 0.25) is 0 Å². The van der Waals surface area contributed by atoms with E-state index in [2.05, 4.69) is 5.32 Å². The number of benzene rings is 1. The Bertz CT molecular complexity index is 404. The Morgan fingerprint density at radius 1 is 1.53 bits per heavy atom. The molecule has 1 amide bonds. The molecule has 0 aromatic heterocycles. The number of rotatable bonds is 3. The average molecular weight is 211 g/mol. The Labute approximate surface area is 86.0 Å². The zero-order valence-electron chi connectivity index (χ0n) is 8.33. The maximum absolute atomic E-state index is 13.4. The van der Waals surface area contributed by atoms with E-state index in [1.165, 1.54) is 20.1 Å². The first-order valence-electron chi connectivity index (χ1n) is 4.18. The van der Waals surface area contributed by atoms with Crippen LogP contribution in [0.5, 0.6) is 5.75 Å². The van der Waals surface area contributed by atoms with Gasteiger partial charge in [0, 0.05) is 12.5 Å². The second kappa shape index (κ2) is 4.54. The number of aldehydes is 1. The number of ether oxygens (including phenoxy) is 1. The van der Waals surface area contributed by atoms with E-state index in [4.69, 9.17) is 4.74 Å². The molecule has 0 aliphatic heterocycles. The first kappa shape index (κ1) is 11.2. The second-order valence-electron chi connectivity index (χ2n) is 2.88. The first-order valence-corrected chi connectivity index (χ1v) is 4.18. The topological polar surface area (TPSA) is 55.4 Å². The molecule has 1 aromatic carbocycles. The summed E-state index contributed by atoms with van der Waals surface area (Å²) in [4.78, 5) is 21.2. The molecule has 0 heterocycles. The van der Waals surface area contributed by atoms with Crippen molar-refractivity contribution in [2.45, 2.75) is 6.92 Å². The maximum atomic E-state index is 13.4. The third-order valence-corrected chi connectivity index (χ3v) is 1.73. The highest BCUT2D eigenvalue weighted by Crippen LogP contribution is 2.28. The molecule has 1 rings (SSSR count). The van der Waals surface area contributed by atoms with Gasteiger partial charge in [0.25, 0.3) is 0 Å². The Balaban J connectivity index is 3.23. The lowest BCUT2D eigenvalue weighted by Crippen LogP contribution is -2.09. The number of hydrogen-bond donors (Lipinski definition) is 1. The van der Waals surface area contributed by atoms with Crippen LogP contribution in [0.1, 0.15) is 17.3 Å². The fourth-order valence-corrected chi connectivity index (χ4v) is 1.13. The normalized spacial score (nSPS) is 9.53. The molecule has 0 unspecified atom stereocenters. The van der Waals surface area contributed by atoms with Gasteiger partial charge in [0.15, 0.2) is 5.82 Å². The van der Waals surface area contributed by atoms with Crippen molar-refractivity contribution >= 4 is 17.9 Å². The number of carbonyl (C=O) groups is 2. The van der Waals surface area contributed by atoms with Crippen molar-refractivity contribution in [2.75, 3.05) is 12.4 Å². The number of carbonyl (C=O) groups excluding carboxylic acids is 2. The lowest BCUT2D eigenvalue weighted by atomic mass is 10.2. The third kappa shape index (κ3) is 2.52. The molecule has 0 radical (unpaired) electrons. The van der Waals surface area contributed by atoms with E-state index >= 15 is 0 Å². The van der Waals surface area contributed by atoms with Gasteiger partial charge in [0.1, 0.15) is 17.7 Å². The van der Waals surface area contributed by atoms with Crippen LogP contribution in [0.4, 0.5) is 10.1 Å². The van der Waals surface area contributed by atoms with Gasteiger partial charge in [-0.05, 0) is 12.1 Å². The maximum Gasteiger partial charge on any atom is 0.221 e. The second-order valence-corrected chi connectivity index (χ2v) is 2.88. The Hall–Kier alpha value is -1.91. The van der Waals surface area contributed by atoms with Crippen LogP contribution in [0, 0.1) is 5.82 Å². The molecule has 80 valence electrons. The average Bonchev–Trinajstić information content (AvgIpc) is 2.20. The molecule has 0 bridgehead atoms. The molecule has 1 N–H and O–H groups in total. The number of hydrogen-bond acceptors (Lipinski definition) is 3. The molecule has 4 nitrogen and oxygen atoms in total. The fraction of sp³-hybridized carbons (Fsp3) is 0.200. The van der Waals surface area contributed by atoms with Crippen LogP contribution in [0.25, 0.3) is 0 Å². The van der Waals surface area contributed by atoms with Gasteiger partial charge >= 0.3 is 0 Å². The van der Waals surface area contributed by atoms with E-state index < -0.39 is 11.7 Å². The highest BCUT2D eigenvalue weighted by molar-refractivity contribution is 5.91. The molecule has 0 saturated carbocycles. The lowest BCUT2D eigenvalue weighted by molar-refractivity contribution is -0.114. The van der Waals surface area contributed by atoms with Crippen LogP contribution in [0.15, 0.2) is 12.1 Å². The first-order chi connectivity index (χ1) is 7.08. The molecule has 0 aliphatic rings. The summed E-state index contributed by atoms with van der Waals surface area (Å²) in [6, 6.07) is 2.38. The van der Waals surface area contributed by atoms with Gasteiger partial charge in [-0.3, -0.25) is 9.59 Å². The summed E-state index contributed by atoms with van der Waals surface area (Å²) in [7, 11) is 1.33. The molecule has 0 aliphatic carbocycles. The molecule has 5 heteroatoms. The monoisotopic (exact) mass is 211 g/mol. The van der Waals surface area contributed by atoms with Crippen molar-refractivity contribution in [1.82, 2.24) is 0 Å². The van der Waals surface area contributed by atoms with Gasteiger partial charge in [-0.2, -0.15) is 0 Å². The standard InChI is InChI=1S/C10H10FNO3/c1-6(14)12-10-8(11)3-7(5-13)4-9(10)15-2/h3-5H,1-2H3,(H,12,14). The summed E-state index contributed by atoms with van der Waals surface area (Å²) >= 11 is 0. The summed E-state index contributed by atoms with van der Waals surface area (Å²) in [6.45, 7) is 1.26. The number of nitrogens with one attached hydrogen (secondary N) is 1. The Morgan fingerprint density at radius 2 is 2.20 bits per heavy atom. The Kier molecular flexibility index (Phi) is 3.38. The number of anilines is 1. The van der Waals surface area contributed by atoms with Gasteiger partial charge in [-0.1, -0.05) is 0 Å². The number of halogens is 1. The highest BCUT2D eigenvalue weighted by Gasteiger charge is 2.12. The summed E-state index contributed by atoms with van der Waals surface area (Å²) in [6.07, 6.45) is 0.503. The van der Waals surface area contributed by atoms with E-state index in [1.807, 2.05) is 0 Å². The van der Waals surface area contributed by atoms with E-state index in [-0.39, 0.29) is 17.0 Å². The quantitative estimate of drug-likeness (QED) is 0.772. The van der Waals surface area contributed by atoms with Crippen molar-refractivity contribution in [3.8, 4) is 5.75 Å². The van der Waals surface area contributed by atoms with Crippen molar-refractivity contribution < 1.29 is 18.7 Å². The zero-order chi connectivity index (χ0) is 11.4. The molecule has 0 atom stereocenters. The highest BCUT2D eigenvalue weighted by atomic mass is 19.1. The molecular formula is C10H10FNO3. The Morgan fingerprint density at radius 3 is 2.67 bits per heavy atom.